The van der Waals surface area contributed by atoms with Crippen molar-refractivity contribution >= 4 is 39.1 Å². The first kappa shape index (κ1) is 12.9. The molecule has 1 fully saturated rings. The van der Waals surface area contributed by atoms with Gasteiger partial charge in [-0.3, -0.25) is 4.90 Å². The lowest BCUT2D eigenvalue weighted by molar-refractivity contribution is 0.265. The van der Waals surface area contributed by atoms with Crippen LogP contribution >= 0.6 is 23.1 Å². The molecule has 1 atom stereocenters. The molecule has 2 aromatic rings. The molecule has 6 heteroatoms. The van der Waals surface area contributed by atoms with Gasteiger partial charge < -0.3 is 5.73 Å². The third-order valence-electron chi connectivity index (χ3n) is 4.30. The topological polar surface area (TPSA) is 55.0 Å². The van der Waals surface area contributed by atoms with Gasteiger partial charge in [0.2, 0.25) is 0 Å². The SMILES string of the molecule is CN1CCSCC1c1nc(N)c2c3c(sc2n1)CCC3. The molecule has 0 amide bonds. The van der Waals surface area contributed by atoms with Gasteiger partial charge >= 0.3 is 0 Å². The van der Waals surface area contributed by atoms with Crippen LogP contribution in [0, 0.1) is 0 Å². The second-order valence-electron chi connectivity index (χ2n) is 5.58. The van der Waals surface area contributed by atoms with Gasteiger partial charge in [0.25, 0.3) is 0 Å². The summed E-state index contributed by atoms with van der Waals surface area (Å²) in [4.78, 5) is 14.4. The molecule has 20 heavy (non-hydrogen) atoms. The molecule has 2 aromatic heterocycles. The van der Waals surface area contributed by atoms with Crippen LogP contribution in [0.15, 0.2) is 0 Å². The molecule has 0 radical (unpaired) electrons. The number of nitrogen functional groups attached to an aromatic ring is 1. The first-order chi connectivity index (χ1) is 9.74. The van der Waals surface area contributed by atoms with Crippen molar-refractivity contribution in [3.05, 3.63) is 16.3 Å². The van der Waals surface area contributed by atoms with Gasteiger partial charge in [-0.2, -0.15) is 11.8 Å². The van der Waals surface area contributed by atoms with E-state index in [0.717, 1.165) is 34.8 Å². The molecule has 1 saturated heterocycles. The maximum atomic E-state index is 6.26. The molecular weight excluding hydrogens is 288 g/mol. The van der Waals surface area contributed by atoms with Gasteiger partial charge in [-0.15, -0.1) is 11.3 Å². The minimum absolute atomic E-state index is 0.303. The molecule has 1 unspecified atom stereocenters. The lowest BCUT2D eigenvalue weighted by atomic mass is 10.2. The van der Waals surface area contributed by atoms with E-state index in [-0.39, 0.29) is 0 Å². The van der Waals surface area contributed by atoms with Crippen LogP contribution in [-0.2, 0) is 12.8 Å². The second-order valence-corrected chi connectivity index (χ2v) is 7.81. The van der Waals surface area contributed by atoms with Crippen LogP contribution in [0.2, 0.25) is 0 Å². The Bertz CT molecular complexity index is 667. The fraction of sp³-hybridized carbons (Fsp3) is 0.571. The summed E-state index contributed by atoms with van der Waals surface area (Å²) >= 11 is 3.80. The van der Waals surface area contributed by atoms with Crippen LogP contribution in [0.4, 0.5) is 5.82 Å². The predicted molar refractivity (Wildman–Crippen MR) is 86.5 cm³/mol. The lowest BCUT2D eigenvalue weighted by Gasteiger charge is -2.30. The molecule has 0 bridgehead atoms. The summed E-state index contributed by atoms with van der Waals surface area (Å²) < 4.78 is 0. The van der Waals surface area contributed by atoms with Gasteiger partial charge in [0.15, 0.2) is 0 Å². The van der Waals surface area contributed by atoms with Gasteiger partial charge in [0, 0.05) is 22.9 Å². The number of thioether (sulfide) groups is 1. The van der Waals surface area contributed by atoms with Gasteiger partial charge in [-0.25, -0.2) is 9.97 Å². The second kappa shape index (κ2) is 4.86. The Hall–Kier alpha value is -0.850. The predicted octanol–water partition coefficient (Wildman–Crippen LogP) is 2.48. The average molecular weight is 306 g/mol. The van der Waals surface area contributed by atoms with Crippen LogP contribution in [0.1, 0.15) is 28.7 Å². The molecule has 2 aliphatic rings. The molecule has 1 aliphatic heterocycles. The summed E-state index contributed by atoms with van der Waals surface area (Å²) in [5.41, 5.74) is 7.67. The van der Waals surface area contributed by atoms with Crippen molar-refractivity contribution in [3.63, 3.8) is 0 Å². The van der Waals surface area contributed by atoms with E-state index in [4.69, 9.17) is 10.7 Å². The van der Waals surface area contributed by atoms with Gasteiger partial charge in [0.05, 0.1) is 11.4 Å². The number of aryl methyl sites for hydroxylation is 2. The molecular formula is C14H18N4S2. The largest absolute Gasteiger partial charge is 0.383 e. The van der Waals surface area contributed by atoms with Crippen LogP contribution in [0.5, 0.6) is 0 Å². The summed E-state index contributed by atoms with van der Waals surface area (Å²) in [5, 5.41) is 1.14. The van der Waals surface area contributed by atoms with Crippen molar-refractivity contribution in [1.29, 1.82) is 0 Å². The number of hydrogen-bond acceptors (Lipinski definition) is 6. The average Bonchev–Trinajstić information content (AvgIpc) is 2.98. The maximum Gasteiger partial charge on any atom is 0.150 e. The third kappa shape index (κ3) is 1.93. The third-order valence-corrected chi connectivity index (χ3v) is 6.51. The number of anilines is 1. The van der Waals surface area contributed by atoms with E-state index in [9.17, 15) is 0 Å². The van der Waals surface area contributed by atoms with Gasteiger partial charge in [-0.1, -0.05) is 0 Å². The highest BCUT2D eigenvalue weighted by Gasteiger charge is 2.27. The highest BCUT2D eigenvalue weighted by molar-refractivity contribution is 7.99. The minimum Gasteiger partial charge on any atom is -0.383 e. The molecule has 2 N–H and O–H groups in total. The maximum absolute atomic E-state index is 6.26. The Morgan fingerprint density at radius 1 is 1.30 bits per heavy atom. The summed E-state index contributed by atoms with van der Waals surface area (Å²) in [5.74, 6) is 3.85. The molecule has 1 aliphatic carbocycles. The lowest BCUT2D eigenvalue weighted by Crippen LogP contribution is -2.33. The van der Waals surface area contributed by atoms with Crippen LogP contribution < -0.4 is 5.73 Å². The number of aromatic nitrogens is 2. The van der Waals surface area contributed by atoms with Crippen molar-refractivity contribution < 1.29 is 0 Å². The van der Waals surface area contributed by atoms with Crippen molar-refractivity contribution in [2.75, 3.05) is 30.8 Å². The van der Waals surface area contributed by atoms with E-state index in [1.807, 2.05) is 23.1 Å². The standard InChI is InChI=1S/C14H18N4S2/c1-18-5-6-19-7-9(18)13-16-12(15)11-8-3-2-4-10(8)20-14(11)17-13/h9H,2-7H2,1H3,(H2,15,16,17). The quantitative estimate of drug-likeness (QED) is 0.877. The Morgan fingerprint density at radius 3 is 3.05 bits per heavy atom. The summed E-state index contributed by atoms with van der Waals surface area (Å²) in [6.07, 6.45) is 3.58. The fourth-order valence-electron chi connectivity index (χ4n) is 3.15. The van der Waals surface area contributed by atoms with E-state index < -0.39 is 0 Å². The molecule has 0 aromatic carbocycles. The normalized spacial score (nSPS) is 23.4. The van der Waals surface area contributed by atoms with E-state index in [0.29, 0.717) is 11.9 Å². The Morgan fingerprint density at radius 2 is 2.20 bits per heavy atom. The Balaban J connectivity index is 1.82. The zero-order valence-corrected chi connectivity index (χ0v) is 13.2. The zero-order chi connectivity index (χ0) is 13.7. The fourth-order valence-corrected chi connectivity index (χ4v) is 5.64. The number of nitrogens with two attached hydrogens (primary N) is 1. The summed E-state index contributed by atoms with van der Waals surface area (Å²) in [6.45, 7) is 1.09. The Kier molecular flexibility index (Phi) is 3.12. The first-order valence-corrected chi connectivity index (χ1v) is 9.07. The number of thiophene rings is 1. The van der Waals surface area contributed by atoms with Crippen LogP contribution in [-0.4, -0.2) is 40.0 Å². The van der Waals surface area contributed by atoms with E-state index >= 15 is 0 Å². The number of nitrogens with zero attached hydrogens (tertiary/aromatic N) is 3. The van der Waals surface area contributed by atoms with Crippen LogP contribution in [0.25, 0.3) is 10.2 Å². The van der Waals surface area contributed by atoms with Crippen molar-refractivity contribution in [2.45, 2.75) is 25.3 Å². The highest BCUT2D eigenvalue weighted by Crippen LogP contribution is 2.39. The Labute approximate surface area is 126 Å². The minimum atomic E-state index is 0.303. The van der Waals surface area contributed by atoms with Gasteiger partial charge in [0.1, 0.15) is 16.5 Å². The van der Waals surface area contributed by atoms with E-state index in [1.165, 1.54) is 29.0 Å². The van der Waals surface area contributed by atoms with E-state index in [1.54, 1.807) is 0 Å². The summed E-state index contributed by atoms with van der Waals surface area (Å²) in [6, 6.07) is 0.303. The van der Waals surface area contributed by atoms with Crippen molar-refractivity contribution in [2.24, 2.45) is 0 Å². The monoisotopic (exact) mass is 306 g/mol. The summed E-state index contributed by atoms with van der Waals surface area (Å²) in [7, 11) is 2.16. The molecule has 3 heterocycles. The molecule has 4 rings (SSSR count). The first-order valence-electron chi connectivity index (χ1n) is 7.09. The zero-order valence-electron chi connectivity index (χ0n) is 11.6. The number of fused-ring (bicyclic) bond motifs is 3. The van der Waals surface area contributed by atoms with Crippen molar-refractivity contribution in [1.82, 2.24) is 14.9 Å². The van der Waals surface area contributed by atoms with E-state index in [2.05, 4.69) is 16.9 Å². The molecule has 106 valence electrons. The molecule has 0 saturated carbocycles. The number of rotatable bonds is 1. The van der Waals surface area contributed by atoms with Gasteiger partial charge in [-0.05, 0) is 31.9 Å². The highest BCUT2D eigenvalue weighted by atomic mass is 32.2. The van der Waals surface area contributed by atoms with Crippen LogP contribution in [0.3, 0.4) is 0 Å². The molecule has 4 nitrogen and oxygen atoms in total. The molecule has 0 spiro atoms. The van der Waals surface area contributed by atoms with Crippen molar-refractivity contribution in [3.8, 4) is 0 Å². The smallest absolute Gasteiger partial charge is 0.150 e. The number of hydrogen-bond donors (Lipinski definition) is 1.